The fraction of sp³-hybridized carbons (Fsp3) is 0.300. The molecule has 3 nitrogen and oxygen atoms in total. The largest absolute Gasteiger partial charge is 0.493 e. The van der Waals surface area contributed by atoms with Crippen molar-refractivity contribution < 1.29 is 4.74 Å². The van der Waals surface area contributed by atoms with Gasteiger partial charge in [0, 0.05) is 23.0 Å². The minimum absolute atomic E-state index is 0.717. The second-order valence-corrected chi connectivity index (χ2v) is 5.34. The molecule has 0 aliphatic heterocycles. The zero-order valence-corrected chi connectivity index (χ0v) is 14.2. The normalized spacial score (nSPS) is 9.65. The van der Waals surface area contributed by atoms with Gasteiger partial charge in [-0.15, -0.1) is 6.58 Å². The highest BCUT2D eigenvalue weighted by Gasteiger charge is 2.07. The van der Waals surface area contributed by atoms with Crippen LogP contribution in [0.4, 0.5) is 11.4 Å². The maximum Gasteiger partial charge on any atom is 0.129 e. The van der Waals surface area contributed by atoms with E-state index in [0.717, 1.165) is 41.3 Å². The second-order valence-electron chi connectivity index (χ2n) is 5.34. The van der Waals surface area contributed by atoms with Gasteiger partial charge in [-0.05, 0) is 43.2 Å². The van der Waals surface area contributed by atoms with Gasteiger partial charge < -0.3 is 16.2 Å². The molecule has 0 amide bonds. The van der Waals surface area contributed by atoms with Crippen molar-refractivity contribution >= 4 is 11.4 Å². The molecule has 0 aliphatic rings. The molecule has 0 spiro atoms. The van der Waals surface area contributed by atoms with Crippen LogP contribution in [-0.4, -0.2) is 6.61 Å². The summed E-state index contributed by atoms with van der Waals surface area (Å²) >= 11 is 0. The van der Waals surface area contributed by atoms with E-state index in [2.05, 4.69) is 13.5 Å². The molecule has 3 heteroatoms. The van der Waals surface area contributed by atoms with Gasteiger partial charge in [0.1, 0.15) is 5.75 Å². The summed E-state index contributed by atoms with van der Waals surface area (Å²) in [5.41, 5.74) is 15.2. The number of hydrogen-bond donors (Lipinski definition) is 2. The first-order chi connectivity index (χ1) is 11.1. The average Bonchev–Trinajstić information content (AvgIpc) is 2.54. The lowest BCUT2D eigenvalue weighted by atomic mass is 10.0. The Morgan fingerprint density at radius 1 is 1.00 bits per heavy atom. The van der Waals surface area contributed by atoms with Crippen LogP contribution < -0.4 is 16.2 Å². The number of nitrogen functional groups attached to an aromatic ring is 2. The van der Waals surface area contributed by atoms with Gasteiger partial charge in [-0.2, -0.15) is 0 Å². The van der Waals surface area contributed by atoms with E-state index in [4.69, 9.17) is 16.2 Å². The first-order valence-electron chi connectivity index (χ1n) is 8.07. The van der Waals surface area contributed by atoms with E-state index < -0.39 is 0 Å². The average molecular weight is 312 g/mol. The molecule has 0 fully saturated rings. The quantitative estimate of drug-likeness (QED) is 0.433. The van der Waals surface area contributed by atoms with E-state index in [9.17, 15) is 0 Å². The molecule has 0 unspecified atom stereocenters. The van der Waals surface area contributed by atoms with E-state index in [-0.39, 0.29) is 0 Å². The van der Waals surface area contributed by atoms with Gasteiger partial charge in [-0.1, -0.05) is 38.0 Å². The third-order valence-electron chi connectivity index (χ3n) is 3.23. The smallest absolute Gasteiger partial charge is 0.129 e. The summed E-state index contributed by atoms with van der Waals surface area (Å²) in [5, 5.41) is 0. The Hall–Kier alpha value is -2.42. The number of anilines is 2. The summed E-state index contributed by atoms with van der Waals surface area (Å²) in [6.07, 6.45) is 5.18. The molecule has 0 heterocycles. The van der Waals surface area contributed by atoms with Crippen molar-refractivity contribution in [3.8, 4) is 16.9 Å². The standard InChI is InChI=1S/C17H22N2O.C3H6/c1-2-3-4-11-20-17-12-15(19)9-10-16(17)13-5-7-14(18)8-6-13;1-3-2/h5-10,12H,2-4,11,18-19H2,1H3;3H,1H2,2H3. The lowest BCUT2D eigenvalue weighted by Crippen LogP contribution is -1.99. The molecule has 0 atom stereocenters. The SMILES string of the molecule is C=CC.CCCCCOc1cc(N)ccc1-c1ccc(N)cc1. The van der Waals surface area contributed by atoms with Crippen molar-refractivity contribution in [1.82, 2.24) is 0 Å². The summed E-state index contributed by atoms with van der Waals surface area (Å²) in [6, 6.07) is 13.6. The number of rotatable bonds is 6. The molecule has 0 aliphatic carbocycles. The van der Waals surface area contributed by atoms with Gasteiger partial charge in [-0.3, -0.25) is 0 Å². The van der Waals surface area contributed by atoms with Gasteiger partial charge in [0.15, 0.2) is 0 Å². The molecule has 4 N–H and O–H groups in total. The molecule has 2 rings (SSSR count). The highest BCUT2D eigenvalue weighted by Crippen LogP contribution is 2.32. The Balaban J connectivity index is 0.000000816. The van der Waals surface area contributed by atoms with Crippen LogP contribution in [0, 0.1) is 0 Å². The van der Waals surface area contributed by atoms with Gasteiger partial charge in [-0.25, -0.2) is 0 Å². The van der Waals surface area contributed by atoms with E-state index in [0.29, 0.717) is 0 Å². The summed E-state index contributed by atoms with van der Waals surface area (Å²) in [4.78, 5) is 0. The predicted octanol–water partition coefficient (Wildman–Crippen LogP) is 5.28. The van der Waals surface area contributed by atoms with Gasteiger partial charge in [0.2, 0.25) is 0 Å². The Morgan fingerprint density at radius 3 is 2.22 bits per heavy atom. The molecule has 0 radical (unpaired) electrons. The Kier molecular flexibility index (Phi) is 8.37. The zero-order chi connectivity index (χ0) is 17.1. The van der Waals surface area contributed by atoms with Crippen LogP contribution in [0.15, 0.2) is 55.1 Å². The number of hydrogen-bond acceptors (Lipinski definition) is 3. The first-order valence-corrected chi connectivity index (χ1v) is 8.07. The number of benzene rings is 2. The molecule has 2 aromatic carbocycles. The van der Waals surface area contributed by atoms with E-state index in [1.807, 2.05) is 49.4 Å². The van der Waals surface area contributed by atoms with Crippen molar-refractivity contribution in [3.05, 3.63) is 55.1 Å². The molecule has 0 saturated heterocycles. The number of nitrogens with two attached hydrogens (primary N) is 2. The summed E-state index contributed by atoms with van der Waals surface area (Å²) in [7, 11) is 0. The van der Waals surface area contributed by atoms with Crippen molar-refractivity contribution in [2.75, 3.05) is 18.1 Å². The molecule has 2 aromatic rings. The first kappa shape index (κ1) is 18.6. The molecular weight excluding hydrogens is 284 g/mol. The van der Waals surface area contributed by atoms with E-state index >= 15 is 0 Å². The molecule has 23 heavy (non-hydrogen) atoms. The Morgan fingerprint density at radius 2 is 1.61 bits per heavy atom. The summed E-state index contributed by atoms with van der Waals surface area (Å²) in [5.74, 6) is 0.839. The fourth-order valence-electron chi connectivity index (χ4n) is 2.09. The van der Waals surface area contributed by atoms with Gasteiger partial charge in [0.05, 0.1) is 6.61 Å². The molecule has 0 aromatic heterocycles. The highest BCUT2D eigenvalue weighted by molar-refractivity contribution is 5.74. The van der Waals surface area contributed by atoms with Crippen LogP contribution in [0.5, 0.6) is 5.75 Å². The van der Waals surface area contributed by atoms with Gasteiger partial charge >= 0.3 is 0 Å². The monoisotopic (exact) mass is 312 g/mol. The lowest BCUT2D eigenvalue weighted by molar-refractivity contribution is 0.307. The third kappa shape index (κ3) is 6.47. The van der Waals surface area contributed by atoms with E-state index in [1.165, 1.54) is 12.8 Å². The van der Waals surface area contributed by atoms with Crippen molar-refractivity contribution in [3.63, 3.8) is 0 Å². The van der Waals surface area contributed by atoms with Crippen LogP contribution in [0.3, 0.4) is 0 Å². The topological polar surface area (TPSA) is 61.3 Å². The van der Waals surface area contributed by atoms with Crippen LogP contribution in [0.25, 0.3) is 11.1 Å². The maximum absolute atomic E-state index is 5.89. The molecule has 124 valence electrons. The van der Waals surface area contributed by atoms with Crippen LogP contribution in [0.2, 0.25) is 0 Å². The van der Waals surface area contributed by atoms with Crippen LogP contribution in [0.1, 0.15) is 33.1 Å². The van der Waals surface area contributed by atoms with Crippen LogP contribution in [-0.2, 0) is 0 Å². The Bertz CT molecular complexity index is 591. The second kappa shape index (κ2) is 10.3. The van der Waals surface area contributed by atoms with Crippen molar-refractivity contribution in [1.29, 1.82) is 0 Å². The predicted molar refractivity (Wildman–Crippen MR) is 102 cm³/mol. The number of unbranched alkanes of at least 4 members (excludes halogenated alkanes) is 2. The molecular formula is C20H28N2O. The maximum atomic E-state index is 5.89. The summed E-state index contributed by atoms with van der Waals surface area (Å²) in [6.45, 7) is 8.15. The minimum Gasteiger partial charge on any atom is -0.493 e. The number of ether oxygens (including phenoxy) is 1. The minimum atomic E-state index is 0.717. The van der Waals surface area contributed by atoms with E-state index in [1.54, 1.807) is 6.08 Å². The third-order valence-corrected chi connectivity index (χ3v) is 3.23. The number of allylic oxidation sites excluding steroid dienone is 1. The fourth-order valence-corrected chi connectivity index (χ4v) is 2.09. The van der Waals surface area contributed by atoms with Crippen molar-refractivity contribution in [2.24, 2.45) is 0 Å². The van der Waals surface area contributed by atoms with Gasteiger partial charge in [0.25, 0.3) is 0 Å². The highest BCUT2D eigenvalue weighted by atomic mass is 16.5. The molecule has 0 saturated carbocycles. The van der Waals surface area contributed by atoms with Crippen LogP contribution >= 0.6 is 0 Å². The zero-order valence-electron chi connectivity index (χ0n) is 14.2. The summed E-state index contributed by atoms with van der Waals surface area (Å²) < 4.78 is 5.89. The Labute approximate surface area is 140 Å². The van der Waals surface area contributed by atoms with Crippen molar-refractivity contribution in [2.45, 2.75) is 33.1 Å². The molecule has 0 bridgehead atoms. The lowest BCUT2D eigenvalue weighted by Gasteiger charge is -2.12.